The van der Waals surface area contributed by atoms with Crippen molar-refractivity contribution >= 4 is 18.1 Å². The summed E-state index contributed by atoms with van der Waals surface area (Å²) in [6.45, 7) is 9.14. The van der Waals surface area contributed by atoms with Gasteiger partial charge in [-0.15, -0.1) is 0 Å². The number of likely N-dealkylation sites (N-methyl/N-ethyl adjacent to an activating group) is 1. The number of hydrogen-bond donors (Lipinski definition) is 2. The molecule has 1 aliphatic rings. The number of nitrogens with zero attached hydrogens (tertiary/aromatic N) is 2. The maximum absolute atomic E-state index is 12.7. The van der Waals surface area contributed by atoms with E-state index in [0.29, 0.717) is 28.8 Å². The highest BCUT2D eigenvalue weighted by Gasteiger charge is 2.32. The van der Waals surface area contributed by atoms with Crippen molar-refractivity contribution in [2.45, 2.75) is 52.7 Å². The van der Waals surface area contributed by atoms with Crippen LogP contribution in [0.4, 0.5) is 0 Å². The van der Waals surface area contributed by atoms with Gasteiger partial charge < -0.3 is 15.2 Å². The summed E-state index contributed by atoms with van der Waals surface area (Å²) in [5.74, 6) is -0.451. The quantitative estimate of drug-likeness (QED) is 0.762. The Labute approximate surface area is 148 Å². The molecule has 2 unspecified atom stereocenters. The normalized spacial score (nSPS) is 18.8. The number of aromatic nitrogens is 1. The lowest BCUT2D eigenvalue weighted by molar-refractivity contribution is -0.136. The molecule has 1 saturated heterocycles. The predicted molar refractivity (Wildman–Crippen MR) is 95.6 cm³/mol. The minimum atomic E-state index is -0.634. The molecular formula is C18H28N4O3. The third kappa shape index (κ3) is 3.76. The fourth-order valence-electron chi connectivity index (χ4n) is 3.63. The molecule has 2 amide bonds. The first-order valence-corrected chi connectivity index (χ1v) is 8.77. The summed E-state index contributed by atoms with van der Waals surface area (Å²) < 4.78 is 0. The topological polar surface area (TPSA) is 85.5 Å². The number of H-pyrrole nitrogens is 1. The van der Waals surface area contributed by atoms with E-state index in [0.717, 1.165) is 25.9 Å². The van der Waals surface area contributed by atoms with Gasteiger partial charge in [0.15, 0.2) is 6.29 Å². The molecule has 0 aromatic carbocycles. The van der Waals surface area contributed by atoms with E-state index in [9.17, 15) is 14.4 Å². The number of amides is 2. The predicted octanol–water partition coefficient (Wildman–Crippen LogP) is 1.46. The van der Waals surface area contributed by atoms with Gasteiger partial charge in [0, 0.05) is 19.3 Å². The number of aldehydes is 1. The van der Waals surface area contributed by atoms with E-state index in [2.05, 4.69) is 22.1 Å². The standard InChI is InChI=1S/C18H28N4O3/c1-6-22-9-7-8-15(22)21(5)18(25)13(4)20-17(24)16-11(2)14(10-23)19-12(16)3/h10,13,15,19H,6-9H2,1-5H3,(H,20,24). The number of aromatic amines is 1. The summed E-state index contributed by atoms with van der Waals surface area (Å²) in [5.41, 5.74) is 2.05. The lowest BCUT2D eigenvalue weighted by Gasteiger charge is -2.33. The second-order valence-corrected chi connectivity index (χ2v) is 6.68. The van der Waals surface area contributed by atoms with Gasteiger partial charge in [-0.25, -0.2) is 0 Å². The van der Waals surface area contributed by atoms with Gasteiger partial charge in [-0.1, -0.05) is 6.92 Å². The van der Waals surface area contributed by atoms with Crippen LogP contribution in [0.5, 0.6) is 0 Å². The van der Waals surface area contributed by atoms with E-state index < -0.39 is 6.04 Å². The number of likely N-dealkylation sites (tertiary alicyclic amines) is 1. The fraction of sp³-hybridized carbons (Fsp3) is 0.611. The lowest BCUT2D eigenvalue weighted by Crippen LogP contribution is -2.52. The largest absolute Gasteiger partial charge is 0.356 e. The average molecular weight is 348 g/mol. The summed E-state index contributed by atoms with van der Waals surface area (Å²) in [7, 11) is 1.79. The summed E-state index contributed by atoms with van der Waals surface area (Å²) in [6.07, 6.45) is 2.82. The summed E-state index contributed by atoms with van der Waals surface area (Å²) in [5, 5.41) is 2.77. The van der Waals surface area contributed by atoms with Gasteiger partial charge in [0.2, 0.25) is 5.91 Å². The zero-order chi connectivity index (χ0) is 18.7. The molecule has 1 aromatic rings. The molecule has 1 aliphatic heterocycles. The molecule has 2 N–H and O–H groups in total. The molecule has 7 heteroatoms. The second kappa shape index (κ2) is 7.82. The first kappa shape index (κ1) is 19.2. The van der Waals surface area contributed by atoms with E-state index in [1.165, 1.54) is 0 Å². The third-order valence-electron chi connectivity index (χ3n) is 5.07. The van der Waals surface area contributed by atoms with Crippen molar-refractivity contribution in [1.29, 1.82) is 0 Å². The van der Waals surface area contributed by atoms with Gasteiger partial charge in [0.1, 0.15) is 6.04 Å². The van der Waals surface area contributed by atoms with Crippen LogP contribution in [0.3, 0.4) is 0 Å². The van der Waals surface area contributed by atoms with Gasteiger partial charge in [0.25, 0.3) is 5.91 Å². The Balaban J connectivity index is 2.07. The highest BCUT2D eigenvalue weighted by Crippen LogP contribution is 2.20. The first-order chi connectivity index (χ1) is 11.8. The molecule has 1 aromatic heterocycles. The Morgan fingerprint density at radius 3 is 2.68 bits per heavy atom. The van der Waals surface area contributed by atoms with Crippen LogP contribution in [0.15, 0.2) is 0 Å². The molecule has 0 saturated carbocycles. The van der Waals surface area contributed by atoms with E-state index in [1.807, 2.05) is 0 Å². The van der Waals surface area contributed by atoms with E-state index >= 15 is 0 Å². The molecule has 2 heterocycles. The maximum atomic E-state index is 12.7. The van der Waals surface area contributed by atoms with Crippen molar-refractivity contribution in [2.24, 2.45) is 0 Å². The third-order valence-corrected chi connectivity index (χ3v) is 5.07. The van der Waals surface area contributed by atoms with Crippen LogP contribution >= 0.6 is 0 Å². The van der Waals surface area contributed by atoms with Crippen LogP contribution in [0.25, 0.3) is 0 Å². The first-order valence-electron chi connectivity index (χ1n) is 8.77. The van der Waals surface area contributed by atoms with Crippen LogP contribution in [-0.4, -0.2) is 65.2 Å². The zero-order valence-corrected chi connectivity index (χ0v) is 15.7. The van der Waals surface area contributed by atoms with Crippen LogP contribution in [-0.2, 0) is 4.79 Å². The molecule has 2 atom stereocenters. The molecule has 1 fully saturated rings. The zero-order valence-electron chi connectivity index (χ0n) is 15.7. The molecule has 0 bridgehead atoms. The SMILES string of the molecule is CCN1CCCC1N(C)C(=O)C(C)NC(=O)c1c(C)[nH]c(C=O)c1C. The Kier molecular flexibility index (Phi) is 6.00. The highest BCUT2D eigenvalue weighted by molar-refractivity contribution is 6.01. The lowest BCUT2D eigenvalue weighted by atomic mass is 10.1. The number of carbonyl (C=O) groups is 3. The number of carbonyl (C=O) groups excluding carboxylic acids is 3. The summed E-state index contributed by atoms with van der Waals surface area (Å²) >= 11 is 0. The molecule has 138 valence electrons. The van der Waals surface area contributed by atoms with Crippen LogP contribution in [0, 0.1) is 13.8 Å². The number of rotatable bonds is 6. The molecule has 7 nitrogen and oxygen atoms in total. The van der Waals surface area contributed by atoms with Crippen molar-refractivity contribution in [1.82, 2.24) is 20.1 Å². The number of aryl methyl sites for hydroxylation is 1. The van der Waals surface area contributed by atoms with Crippen molar-refractivity contribution in [3.05, 3.63) is 22.5 Å². The summed E-state index contributed by atoms with van der Waals surface area (Å²) in [4.78, 5) is 43.2. The molecule has 0 aliphatic carbocycles. The maximum Gasteiger partial charge on any atom is 0.254 e. The van der Waals surface area contributed by atoms with E-state index in [4.69, 9.17) is 0 Å². The molecule has 0 spiro atoms. The van der Waals surface area contributed by atoms with Gasteiger partial charge in [-0.2, -0.15) is 0 Å². The number of nitrogens with one attached hydrogen (secondary N) is 2. The smallest absolute Gasteiger partial charge is 0.254 e. The van der Waals surface area contributed by atoms with Crippen molar-refractivity contribution in [3.8, 4) is 0 Å². The Morgan fingerprint density at radius 1 is 1.44 bits per heavy atom. The van der Waals surface area contributed by atoms with Crippen LogP contribution < -0.4 is 5.32 Å². The summed E-state index contributed by atoms with van der Waals surface area (Å²) in [6, 6.07) is -0.634. The van der Waals surface area contributed by atoms with Crippen molar-refractivity contribution in [3.63, 3.8) is 0 Å². The molecule has 2 rings (SSSR count). The van der Waals surface area contributed by atoms with Gasteiger partial charge >= 0.3 is 0 Å². The van der Waals surface area contributed by atoms with E-state index in [1.54, 1.807) is 32.7 Å². The Morgan fingerprint density at radius 2 is 2.12 bits per heavy atom. The van der Waals surface area contributed by atoms with Crippen molar-refractivity contribution in [2.75, 3.05) is 20.1 Å². The van der Waals surface area contributed by atoms with Gasteiger partial charge in [-0.3, -0.25) is 19.3 Å². The minimum absolute atomic E-state index is 0.0919. The monoisotopic (exact) mass is 348 g/mol. The van der Waals surface area contributed by atoms with Crippen LogP contribution in [0.2, 0.25) is 0 Å². The minimum Gasteiger partial charge on any atom is -0.356 e. The van der Waals surface area contributed by atoms with Crippen molar-refractivity contribution < 1.29 is 14.4 Å². The van der Waals surface area contributed by atoms with Gasteiger partial charge in [0.05, 0.1) is 17.4 Å². The molecule has 0 radical (unpaired) electrons. The fourth-order valence-corrected chi connectivity index (χ4v) is 3.63. The van der Waals surface area contributed by atoms with E-state index in [-0.39, 0.29) is 18.0 Å². The highest BCUT2D eigenvalue weighted by atomic mass is 16.2. The number of hydrogen-bond acceptors (Lipinski definition) is 4. The van der Waals surface area contributed by atoms with Gasteiger partial charge in [-0.05, 0) is 45.7 Å². The Bertz CT molecular complexity index is 668. The average Bonchev–Trinajstić information content (AvgIpc) is 3.17. The molecular weight excluding hydrogens is 320 g/mol. The Hall–Kier alpha value is -2.15. The molecule has 25 heavy (non-hydrogen) atoms. The van der Waals surface area contributed by atoms with Crippen LogP contribution in [0.1, 0.15) is 58.8 Å². The second-order valence-electron chi connectivity index (χ2n) is 6.68.